The summed E-state index contributed by atoms with van der Waals surface area (Å²) in [7, 11) is 0. The van der Waals surface area contributed by atoms with Gasteiger partial charge in [0.1, 0.15) is 17.5 Å². The SMILES string of the molecule is N#Cc1cnn(C(=O)c2nc3ccccc3s2)c1N. The van der Waals surface area contributed by atoms with Crippen molar-refractivity contribution in [3.8, 4) is 6.07 Å². The number of nitriles is 1. The van der Waals surface area contributed by atoms with E-state index in [2.05, 4.69) is 10.1 Å². The Morgan fingerprint density at radius 2 is 2.21 bits per heavy atom. The molecule has 0 fully saturated rings. The molecule has 0 aliphatic carbocycles. The van der Waals surface area contributed by atoms with Crippen molar-refractivity contribution < 1.29 is 4.79 Å². The predicted molar refractivity (Wildman–Crippen MR) is 70.7 cm³/mol. The van der Waals surface area contributed by atoms with E-state index in [9.17, 15) is 4.79 Å². The molecule has 0 saturated heterocycles. The number of hydrogen-bond acceptors (Lipinski definition) is 6. The number of carbonyl (C=O) groups is 1. The number of rotatable bonds is 1. The predicted octanol–water partition coefficient (Wildman–Crippen LogP) is 1.64. The molecule has 2 aromatic heterocycles. The Morgan fingerprint density at radius 1 is 1.42 bits per heavy atom. The number of aromatic nitrogens is 3. The summed E-state index contributed by atoms with van der Waals surface area (Å²) in [5.74, 6) is -0.396. The van der Waals surface area contributed by atoms with Crippen LogP contribution in [-0.2, 0) is 0 Å². The lowest BCUT2D eigenvalue weighted by Crippen LogP contribution is -2.15. The summed E-state index contributed by atoms with van der Waals surface area (Å²) >= 11 is 1.27. The molecular weight excluding hydrogens is 262 g/mol. The van der Waals surface area contributed by atoms with Crippen LogP contribution in [0.15, 0.2) is 30.5 Å². The van der Waals surface area contributed by atoms with E-state index >= 15 is 0 Å². The maximum Gasteiger partial charge on any atom is 0.309 e. The number of nitrogens with zero attached hydrogens (tertiary/aromatic N) is 4. The fraction of sp³-hybridized carbons (Fsp3) is 0. The van der Waals surface area contributed by atoms with Crippen molar-refractivity contribution in [1.29, 1.82) is 5.26 Å². The van der Waals surface area contributed by atoms with E-state index in [4.69, 9.17) is 11.0 Å². The van der Waals surface area contributed by atoms with Gasteiger partial charge in [0, 0.05) is 0 Å². The number of fused-ring (bicyclic) bond motifs is 1. The van der Waals surface area contributed by atoms with Crippen molar-refractivity contribution in [2.24, 2.45) is 0 Å². The van der Waals surface area contributed by atoms with E-state index < -0.39 is 5.91 Å². The Labute approximate surface area is 111 Å². The van der Waals surface area contributed by atoms with E-state index in [1.807, 2.05) is 30.3 Å². The van der Waals surface area contributed by atoms with Crippen LogP contribution in [0.2, 0.25) is 0 Å². The number of hydrogen-bond donors (Lipinski definition) is 1. The second-order valence-electron chi connectivity index (χ2n) is 3.76. The Balaban J connectivity index is 2.08. The van der Waals surface area contributed by atoms with E-state index in [0.717, 1.165) is 14.9 Å². The summed E-state index contributed by atoms with van der Waals surface area (Å²) in [5, 5.41) is 12.9. The quantitative estimate of drug-likeness (QED) is 0.724. The molecule has 3 aromatic rings. The van der Waals surface area contributed by atoms with Crippen LogP contribution in [0.1, 0.15) is 15.4 Å². The molecule has 92 valence electrons. The minimum absolute atomic E-state index is 0.0340. The van der Waals surface area contributed by atoms with Gasteiger partial charge in [-0.3, -0.25) is 4.79 Å². The molecule has 0 aliphatic heterocycles. The molecule has 0 spiro atoms. The summed E-state index contributed by atoms with van der Waals surface area (Å²) in [6, 6.07) is 9.32. The number of thiazole rings is 1. The number of nitrogen functional groups attached to an aromatic ring is 1. The Morgan fingerprint density at radius 3 is 2.89 bits per heavy atom. The van der Waals surface area contributed by atoms with Crippen LogP contribution in [0, 0.1) is 11.3 Å². The van der Waals surface area contributed by atoms with Gasteiger partial charge < -0.3 is 5.73 Å². The van der Waals surface area contributed by atoms with Crippen LogP contribution in [0.3, 0.4) is 0 Å². The molecule has 0 atom stereocenters. The van der Waals surface area contributed by atoms with E-state index in [1.54, 1.807) is 0 Å². The zero-order valence-corrected chi connectivity index (χ0v) is 10.4. The Bertz CT molecular complexity index is 793. The van der Waals surface area contributed by atoms with Crippen LogP contribution in [-0.4, -0.2) is 20.7 Å². The van der Waals surface area contributed by atoms with Crippen LogP contribution in [0.4, 0.5) is 5.82 Å². The maximum atomic E-state index is 12.2. The highest BCUT2D eigenvalue weighted by molar-refractivity contribution is 7.20. The molecule has 6 nitrogen and oxygen atoms in total. The summed E-state index contributed by atoms with van der Waals surface area (Å²) in [5.41, 5.74) is 6.61. The van der Waals surface area contributed by atoms with Crippen molar-refractivity contribution in [1.82, 2.24) is 14.8 Å². The van der Waals surface area contributed by atoms with Crippen LogP contribution >= 0.6 is 11.3 Å². The second kappa shape index (κ2) is 4.19. The van der Waals surface area contributed by atoms with Crippen molar-refractivity contribution in [3.05, 3.63) is 41.0 Å². The number of nitrogens with two attached hydrogens (primary N) is 1. The van der Waals surface area contributed by atoms with Gasteiger partial charge in [-0.25, -0.2) is 4.98 Å². The molecular formula is C12H7N5OS. The monoisotopic (exact) mass is 269 g/mol. The Kier molecular flexibility index (Phi) is 2.51. The fourth-order valence-electron chi connectivity index (χ4n) is 1.66. The molecule has 0 saturated carbocycles. The topological polar surface area (TPSA) is 97.6 Å². The first-order valence-corrected chi connectivity index (χ1v) is 6.16. The smallest absolute Gasteiger partial charge is 0.309 e. The lowest BCUT2D eigenvalue weighted by atomic mass is 10.3. The third kappa shape index (κ3) is 1.75. The van der Waals surface area contributed by atoms with Gasteiger partial charge in [0.15, 0.2) is 5.01 Å². The number of para-hydroxylation sites is 1. The van der Waals surface area contributed by atoms with Gasteiger partial charge in [-0.05, 0) is 12.1 Å². The average Bonchev–Trinajstić information content (AvgIpc) is 3.01. The molecule has 0 bridgehead atoms. The molecule has 0 aliphatic rings. The largest absolute Gasteiger partial charge is 0.382 e. The van der Waals surface area contributed by atoms with Crippen LogP contribution in [0.25, 0.3) is 10.2 Å². The second-order valence-corrected chi connectivity index (χ2v) is 4.79. The fourth-order valence-corrected chi connectivity index (χ4v) is 2.55. The molecule has 7 heteroatoms. The average molecular weight is 269 g/mol. The van der Waals surface area contributed by atoms with Gasteiger partial charge in [-0.15, -0.1) is 11.3 Å². The summed E-state index contributed by atoms with van der Waals surface area (Å²) < 4.78 is 1.91. The lowest BCUT2D eigenvalue weighted by Gasteiger charge is -1.98. The van der Waals surface area contributed by atoms with Crippen molar-refractivity contribution in [3.63, 3.8) is 0 Å². The molecule has 0 amide bonds. The first kappa shape index (κ1) is 11.4. The van der Waals surface area contributed by atoms with Crippen molar-refractivity contribution in [2.45, 2.75) is 0 Å². The van der Waals surface area contributed by atoms with Gasteiger partial charge in [0.25, 0.3) is 0 Å². The van der Waals surface area contributed by atoms with Gasteiger partial charge in [0.2, 0.25) is 0 Å². The van der Waals surface area contributed by atoms with Crippen LogP contribution < -0.4 is 5.73 Å². The van der Waals surface area contributed by atoms with Crippen LogP contribution in [0.5, 0.6) is 0 Å². The van der Waals surface area contributed by atoms with Crippen molar-refractivity contribution >= 4 is 33.3 Å². The third-order valence-corrected chi connectivity index (χ3v) is 3.62. The highest BCUT2D eigenvalue weighted by atomic mass is 32.1. The lowest BCUT2D eigenvalue weighted by molar-refractivity contribution is 0.0948. The van der Waals surface area contributed by atoms with Gasteiger partial charge in [0.05, 0.1) is 16.4 Å². The molecule has 3 rings (SSSR count). The van der Waals surface area contributed by atoms with Gasteiger partial charge in [-0.1, -0.05) is 12.1 Å². The number of anilines is 1. The first-order chi connectivity index (χ1) is 9.20. The molecule has 2 heterocycles. The zero-order chi connectivity index (χ0) is 13.4. The third-order valence-electron chi connectivity index (χ3n) is 2.60. The van der Waals surface area contributed by atoms with Crippen molar-refractivity contribution in [2.75, 3.05) is 5.73 Å². The number of carbonyl (C=O) groups excluding carboxylic acids is 1. The first-order valence-electron chi connectivity index (χ1n) is 5.34. The summed E-state index contributed by atoms with van der Waals surface area (Å²) in [4.78, 5) is 16.5. The highest BCUT2D eigenvalue weighted by Crippen LogP contribution is 2.23. The highest BCUT2D eigenvalue weighted by Gasteiger charge is 2.19. The minimum atomic E-state index is -0.430. The van der Waals surface area contributed by atoms with Gasteiger partial charge >= 0.3 is 5.91 Å². The zero-order valence-electron chi connectivity index (χ0n) is 9.57. The molecule has 19 heavy (non-hydrogen) atoms. The molecule has 0 radical (unpaired) electrons. The number of benzene rings is 1. The normalized spacial score (nSPS) is 10.5. The molecule has 0 unspecified atom stereocenters. The van der Waals surface area contributed by atoms with E-state index in [-0.39, 0.29) is 11.4 Å². The minimum Gasteiger partial charge on any atom is -0.382 e. The molecule has 1 aromatic carbocycles. The molecule has 2 N–H and O–H groups in total. The summed E-state index contributed by atoms with van der Waals surface area (Å²) in [6.45, 7) is 0. The van der Waals surface area contributed by atoms with Gasteiger partial charge in [-0.2, -0.15) is 15.0 Å². The Hall–Kier alpha value is -2.72. The van der Waals surface area contributed by atoms with E-state index in [0.29, 0.717) is 5.01 Å². The standard InChI is InChI=1S/C12H7N5OS/c13-5-7-6-15-17(10(7)14)12(18)11-16-8-3-1-2-4-9(8)19-11/h1-4,6H,14H2. The summed E-state index contributed by atoms with van der Waals surface area (Å²) in [6.07, 6.45) is 1.26. The van der Waals surface area contributed by atoms with E-state index in [1.165, 1.54) is 17.5 Å². The maximum absolute atomic E-state index is 12.2.